The Labute approximate surface area is 103 Å². The fourth-order valence-electron chi connectivity index (χ4n) is 2.68. The van der Waals surface area contributed by atoms with Crippen LogP contribution in [0.2, 0.25) is 0 Å². The highest BCUT2D eigenvalue weighted by Crippen LogP contribution is 2.24. The number of aromatic amines is 1. The number of nitrogens with zero attached hydrogens (tertiary/aromatic N) is 2. The van der Waals surface area contributed by atoms with Crippen molar-refractivity contribution in [2.75, 3.05) is 6.54 Å². The number of aryl methyl sites for hydroxylation is 1. The first-order chi connectivity index (χ1) is 7.87. The van der Waals surface area contributed by atoms with E-state index in [2.05, 4.69) is 28.9 Å². The first-order valence-corrected chi connectivity index (χ1v) is 6.36. The zero-order valence-electron chi connectivity index (χ0n) is 11.2. The largest absolute Gasteiger partial charge is 0.390 e. The summed E-state index contributed by atoms with van der Waals surface area (Å²) >= 11 is 0. The molecule has 0 unspecified atom stereocenters. The summed E-state index contributed by atoms with van der Waals surface area (Å²) in [4.78, 5) is 2.43. The molecule has 4 heteroatoms. The maximum absolute atomic E-state index is 9.88. The zero-order valence-corrected chi connectivity index (χ0v) is 11.2. The van der Waals surface area contributed by atoms with Gasteiger partial charge in [-0.1, -0.05) is 0 Å². The Balaban J connectivity index is 2.04. The van der Waals surface area contributed by atoms with Gasteiger partial charge in [0.05, 0.1) is 11.3 Å². The third-order valence-electron chi connectivity index (χ3n) is 3.57. The Bertz CT molecular complexity index is 392. The van der Waals surface area contributed by atoms with Gasteiger partial charge in [0.15, 0.2) is 0 Å². The smallest absolute Gasteiger partial charge is 0.0682 e. The van der Waals surface area contributed by atoms with E-state index in [0.717, 1.165) is 25.9 Å². The fourth-order valence-corrected chi connectivity index (χ4v) is 2.68. The number of aliphatic hydroxyl groups is 1. The van der Waals surface area contributed by atoms with E-state index in [1.807, 2.05) is 13.8 Å². The average molecular weight is 237 g/mol. The van der Waals surface area contributed by atoms with Gasteiger partial charge in [-0.3, -0.25) is 10.00 Å². The highest BCUT2D eigenvalue weighted by molar-refractivity contribution is 5.26. The van der Waals surface area contributed by atoms with E-state index in [4.69, 9.17) is 0 Å². The van der Waals surface area contributed by atoms with Crippen LogP contribution in [0.5, 0.6) is 0 Å². The molecule has 1 atom stereocenters. The van der Waals surface area contributed by atoms with Crippen molar-refractivity contribution in [1.82, 2.24) is 15.1 Å². The van der Waals surface area contributed by atoms with Gasteiger partial charge in [-0.25, -0.2) is 0 Å². The second kappa shape index (κ2) is 4.42. The Morgan fingerprint density at radius 1 is 1.53 bits per heavy atom. The molecule has 0 amide bonds. The number of hydrogen-bond acceptors (Lipinski definition) is 3. The van der Waals surface area contributed by atoms with Crippen LogP contribution in [-0.4, -0.2) is 38.4 Å². The molecule has 0 fully saturated rings. The fraction of sp³-hybridized carbons (Fsp3) is 0.769. The molecular formula is C13H23N3O. The summed E-state index contributed by atoms with van der Waals surface area (Å²) in [5.74, 6) is 0. The molecule has 0 bridgehead atoms. The summed E-state index contributed by atoms with van der Waals surface area (Å²) in [5.41, 5.74) is 3.15. The number of aromatic nitrogens is 2. The molecule has 2 heterocycles. The summed E-state index contributed by atoms with van der Waals surface area (Å²) in [6.45, 7) is 10.0. The molecular weight excluding hydrogens is 214 g/mol. The highest BCUT2D eigenvalue weighted by atomic mass is 16.3. The van der Waals surface area contributed by atoms with Gasteiger partial charge in [0, 0.05) is 36.8 Å². The Kier molecular flexibility index (Phi) is 3.27. The van der Waals surface area contributed by atoms with Gasteiger partial charge >= 0.3 is 0 Å². The van der Waals surface area contributed by atoms with Gasteiger partial charge in [0.25, 0.3) is 0 Å². The van der Waals surface area contributed by atoms with Crippen LogP contribution in [-0.2, 0) is 13.0 Å². The van der Waals surface area contributed by atoms with Gasteiger partial charge in [-0.05, 0) is 34.1 Å². The minimum absolute atomic E-state index is 0.400. The van der Waals surface area contributed by atoms with Crippen molar-refractivity contribution >= 4 is 0 Å². The molecule has 4 nitrogen and oxygen atoms in total. The van der Waals surface area contributed by atoms with Gasteiger partial charge in [-0.15, -0.1) is 0 Å². The minimum atomic E-state index is -0.592. The molecule has 1 aromatic heterocycles. The lowest BCUT2D eigenvalue weighted by molar-refractivity contribution is 0.0341. The highest BCUT2D eigenvalue weighted by Gasteiger charge is 2.27. The molecule has 0 aliphatic carbocycles. The van der Waals surface area contributed by atoms with E-state index in [0.29, 0.717) is 6.04 Å². The number of H-pyrrole nitrogens is 1. The van der Waals surface area contributed by atoms with Gasteiger partial charge in [0.2, 0.25) is 0 Å². The van der Waals surface area contributed by atoms with Crippen LogP contribution in [0.4, 0.5) is 0 Å². The standard InChI is InChI=1S/C13H23N3O/c1-9(7-13(3,4)17)16-6-5-12-11(8-16)10(2)14-15-12/h9,17H,5-8H2,1-4H3,(H,14,15)/t9-/m0/s1. The SMILES string of the molecule is Cc1[nH]nc2c1CN([C@@H](C)CC(C)(C)O)CC2. The number of nitrogens with one attached hydrogen (secondary N) is 1. The van der Waals surface area contributed by atoms with Gasteiger partial charge < -0.3 is 5.11 Å². The van der Waals surface area contributed by atoms with Crippen molar-refractivity contribution in [3.8, 4) is 0 Å². The number of rotatable bonds is 3. The van der Waals surface area contributed by atoms with Gasteiger partial charge in [-0.2, -0.15) is 5.10 Å². The Morgan fingerprint density at radius 2 is 2.24 bits per heavy atom. The predicted octanol–water partition coefficient (Wildman–Crippen LogP) is 1.63. The lowest BCUT2D eigenvalue weighted by atomic mass is 9.96. The molecule has 0 aromatic carbocycles. The van der Waals surface area contributed by atoms with Gasteiger partial charge in [0.1, 0.15) is 0 Å². The second-order valence-corrected chi connectivity index (χ2v) is 5.86. The molecule has 1 aliphatic rings. The maximum atomic E-state index is 9.88. The van der Waals surface area contributed by atoms with Crippen molar-refractivity contribution in [1.29, 1.82) is 0 Å². The molecule has 96 valence electrons. The number of fused-ring (bicyclic) bond motifs is 1. The molecule has 0 spiro atoms. The zero-order chi connectivity index (χ0) is 12.6. The van der Waals surface area contributed by atoms with Crippen LogP contribution in [0.25, 0.3) is 0 Å². The van der Waals surface area contributed by atoms with Crippen LogP contribution in [0.15, 0.2) is 0 Å². The average Bonchev–Trinajstić information content (AvgIpc) is 2.57. The monoisotopic (exact) mass is 237 g/mol. The second-order valence-electron chi connectivity index (χ2n) is 5.86. The minimum Gasteiger partial charge on any atom is -0.390 e. The lowest BCUT2D eigenvalue weighted by Crippen LogP contribution is -2.41. The summed E-state index contributed by atoms with van der Waals surface area (Å²) in [5, 5.41) is 17.3. The van der Waals surface area contributed by atoms with Crippen molar-refractivity contribution < 1.29 is 5.11 Å². The van der Waals surface area contributed by atoms with Crippen molar-refractivity contribution in [2.24, 2.45) is 0 Å². The van der Waals surface area contributed by atoms with Crippen LogP contribution < -0.4 is 0 Å². The summed E-state index contributed by atoms with van der Waals surface area (Å²) < 4.78 is 0. The van der Waals surface area contributed by atoms with Crippen molar-refractivity contribution in [3.63, 3.8) is 0 Å². The van der Waals surface area contributed by atoms with E-state index in [1.54, 1.807) is 0 Å². The third kappa shape index (κ3) is 2.87. The first kappa shape index (κ1) is 12.6. The van der Waals surface area contributed by atoms with E-state index in [-0.39, 0.29) is 0 Å². The topological polar surface area (TPSA) is 52.2 Å². The summed E-state index contributed by atoms with van der Waals surface area (Å²) in [7, 11) is 0. The maximum Gasteiger partial charge on any atom is 0.0682 e. The quantitative estimate of drug-likeness (QED) is 0.840. The van der Waals surface area contributed by atoms with Crippen LogP contribution in [0.1, 0.15) is 44.1 Å². The molecule has 1 aliphatic heterocycles. The van der Waals surface area contributed by atoms with E-state index in [1.165, 1.54) is 17.0 Å². The third-order valence-corrected chi connectivity index (χ3v) is 3.57. The van der Waals surface area contributed by atoms with Crippen LogP contribution >= 0.6 is 0 Å². The molecule has 2 N–H and O–H groups in total. The summed E-state index contributed by atoms with van der Waals surface area (Å²) in [6, 6.07) is 0.400. The molecule has 0 saturated heterocycles. The van der Waals surface area contributed by atoms with E-state index >= 15 is 0 Å². The van der Waals surface area contributed by atoms with E-state index in [9.17, 15) is 5.11 Å². The van der Waals surface area contributed by atoms with Crippen molar-refractivity contribution in [3.05, 3.63) is 17.0 Å². The number of hydrogen-bond donors (Lipinski definition) is 2. The van der Waals surface area contributed by atoms with Crippen LogP contribution in [0.3, 0.4) is 0 Å². The molecule has 0 radical (unpaired) electrons. The van der Waals surface area contributed by atoms with Crippen molar-refractivity contribution in [2.45, 2.75) is 58.7 Å². The van der Waals surface area contributed by atoms with Crippen LogP contribution in [0, 0.1) is 6.92 Å². The predicted molar refractivity (Wildman–Crippen MR) is 67.8 cm³/mol. The summed E-state index contributed by atoms with van der Waals surface area (Å²) in [6.07, 6.45) is 1.81. The molecule has 0 saturated carbocycles. The van der Waals surface area contributed by atoms with E-state index < -0.39 is 5.60 Å². The molecule has 17 heavy (non-hydrogen) atoms. The lowest BCUT2D eigenvalue weighted by Gasteiger charge is -2.35. The Morgan fingerprint density at radius 3 is 2.88 bits per heavy atom. The molecule has 2 rings (SSSR count). The normalized spacial score (nSPS) is 19.1. The Hall–Kier alpha value is -0.870. The molecule has 1 aromatic rings. The first-order valence-electron chi connectivity index (χ1n) is 6.36.